The first-order valence-electron chi connectivity index (χ1n) is 5.31. The zero-order valence-electron chi connectivity index (χ0n) is 10.9. The molecule has 0 saturated carbocycles. The molecule has 4 nitrogen and oxygen atoms in total. The van der Waals surface area contributed by atoms with Gasteiger partial charge in [-0.15, -0.1) is 0 Å². The molecule has 2 N–H and O–H groups in total. The molecule has 14 heteroatoms. The highest BCUT2D eigenvalue weighted by Gasteiger charge is 2.85. The van der Waals surface area contributed by atoms with E-state index in [0.717, 1.165) is 0 Å². The number of halogens is 9. The number of phenolic OH excluding ortho intramolecular Hbond substituents is 1. The van der Waals surface area contributed by atoms with Crippen LogP contribution in [0.1, 0.15) is 0 Å². The van der Waals surface area contributed by atoms with Crippen LogP contribution in [0.15, 0.2) is 30.3 Å². The summed E-state index contributed by atoms with van der Waals surface area (Å²) in [7, 11) is -7.17. The lowest BCUT2D eigenvalue weighted by atomic mass is 10.1. The van der Waals surface area contributed by atoms with Crippen LogP contribution in [0.3, 0.4) is 0 Å². The maximum absolute atomic E-state index is 12.2. The van der Waals surface area contributed by atoms with Crippen LogP contribution in [0.25, 0.3) is 0 Å². The predicted molar refractivity (Wildman–Crippen MR) is 60.6 cm³/mol. The van der Waals surface area contributed by atoms with E-state index in [1.165, 1.54) is 0 Å². The highest BCUT2D eigenvalue weighted by molar-refractivity contribution is 7.87. The predicted octanol–water partition coefficient (Wildman–Crippen LogP) is 3.69. The molecule has 0 aliphatic heterocycles. The SMILES string of the molecule is O=S(=O)(O)C(F)(F)C(F)(F)C(F)(F)C(F)(F)F.Oc1ccccc1. The van der Waals surface area contributed by atoms with Crippen LogP contribution in [-0.2, 0) is 10.1 Å². The second kappa shape index (κ2) is 6.66. The highest BCUT2D eigenvalue weighted by Crippen LogP contribution is 2.54. The van der Waals surface area contributed by atoms with Crippen molar-refractivity contribution in [3.05, 3.63) is 30.3 Å². The second-order valence-electron chi connectivity index (χ2n) is 3.97. The third-order valence-corrected chi connectivity index (χ3v) is 3.10. The lowest BCUT2D eigenvalue weighted by Crippen LogP contribution is -2.63. The van der Waals surface area contributed by atoms with Crippen molar-refractivity contribution < 1.29 is 57.6 Å². The van der Waals surface area contributed by atoms with E-state index in [2.05, 4.69) is 0 Å². The molecule has 0 aliphatic rings. The van der Waals surface area contributed by atoms with Gasteiger partial charge in [0.15, 0.2) is 0 Å². The van der Waals surface area contributed by atoms with Crippen molar-refractivity contribution in [3.63, 3.8) is 0 Å². The maximum atomic E-state index is 12.2. The van der Waals surface area contributed by atoms with Crippen LogP contribution in [0, 0.1) is 0 Å². The number of rotatable bonds is 3. The number of benzene rings is 1. The zero-order chi connectivity index (χ0) is 19.6. The molecule has 0 atom stereocenters. The van der Waals surface area contributed by atoms with Crippen molar-refractivity contribution in [1.82, 2.24) is 0 Å². The molecule has 1 rings (SSSR count). The summed E-state index contributed by atoms with van der Waals surface area (Å²) in [6, 6.07) is 8.71. The minimum atomic E-state index is -7.37. The van der Waals surface area contributed by atoms with Crippen LogP contribution in [0.5, 0.6) is 5.75 Å². The van der Waals surface area contributed by atoms with E-state index in [1.807, 2.05) is 6.07 Å². The van der Waals surface area contributed by atoms with Crippen LogP contribution >= 0.6 is 0 Å². The van der Waals surface area contributed by atoms with Gasteiger partial charge in [0, 0.05) is 0 Å². The van der Waals surface area contributed by atoms with E-state index in [-0.39, 0.29) is 0 Å². The molecule has 0 aromatic heterocycles. The summed E-state index contributed by atoms with van der Waals surface area (Å²) >= 11 is 0. The summed E-state index contributed by atoms with van der Waals surface area (Å²) in [4.78, 5) is 0. The molecule has 1 aromatic carbocycles. The van der Waals surface area contributed by atoms with E-state index >= 15 is 0 Å². The van der Waals surface area contributed by atoms with Gasteiger partial charge >= 0.3 is 33.4 Å². The minimum absolute atomic E-state index is 0.322. The Bertz CT molecular complexity index is 640. The Labute approximate surface area is 128 Å². The Morgan fingerprint density at radius 1 is 0.750 bits per heavy atom. The lowest BCUT2D eigenvalue weighted by Gasteiger charge is -2.31. The molecular formula is C10H7F9O4S. The van der Waals surface area contributed by atoms with Crippen molar-refractivity contribution in [3.8, 4) is 5.75 Å². The van der Waals surface area contributed by atoms with Gasteiger partial charge in [0.05, 0.1) is 0 Å². The third-order valence-electron chi connectivity index (χ3n) is 2.20. The largest absolute Gasteiger partial charge is 0.508 e. The molecule has 0 fully saturated rings. The van der Waals surface area contributed by atoms with Crippen LogP contribution in [0.4, 0.5) is 39.5 Å². The van der Waals surface area contributed by atoms with Gasteiger partial charge in [-0.3, -0.25) is 4.55 Å². The maximum Gasteiger partial charge on any atom is 0.460 e. The quantitative estimate of drug-likeness (QED) is 0.606. The minimum Gasteiger partial charge on any atom is -0.508 e. The molecule has 0 saturated heterocycles. The fourth-order valence-corrected chi connectivity index (χ4v) is 1.40. The number of hydrogen-bond donors (Lipinski definition) is 2. The molecule has 0 spiro atoms. The van der Waals surface area contributed by atoms with Crippen molar-refractivity contribution in [1.29, 1.82) is 0 Å². The molecule has 0 unspecified atom stereocenters. The molecule has 0 bridgehead atoms. The van der Waals surface area contributed by atoms with Crippen LogP contribution < -0.4 is 0 Å². The van der Waals surface area contributed by atoms with E-state index in [9.17, 15) is 47.9 Å². The molecule has 0 aliphatic carbocycles. The third kappa shape index (κ3) is 4.23. The van der Waals surface area contributed by atoms with Gasteiger partial charge in [0.25, 0.3) is 0 Å². The Balaban J connectivity index is 0.000000620. The van der Waals surface area contributed by atoms with E-state index in [4.69, 9.17) is 9.66 Å². The van der Waals surface area contributed by atoms with Crippen molar-refractivity contribution in [2.24, 2.45) is 0 Å². The number of hydrogen-bond acceptors (Lipinski definition) is 3. The smallest absolute Gasteiger partial charge is 0.460 e. The molecule has 140 valence electrons. The second-order valence-corrected chi connectivity index (χ2v) is 5.44. The summed E-state index contributed by atoms with van der Waals surface area (Å²) in [6.45, 7) is 0. The van der Waals surface area contributed by atoms with E-state index in [1.54, 1.807) is 24.3 Å². The normalized spacial score (nSPS) is 13.9. The number of aromatic hydroxyl groups is 1. The first-order valence-corrected chi connectivity index (χ1v) is 6.75. The average Bonchev–Trinajstić information content (AvgIpc) is 2.37. The molecular weight excluding hydrogens is 387 g/mol. The summed E-state index contributed by atoms with van der Waals surface area (Å²) in [5, 5.41) is 1.63. The first kappa shape index (κ1) is 22.3. The Kier molecular flexibility index (Phi) is 6.19. The Hall–Kier alpha value is -1.70. The fourth-order valence-electron chi connectivity index (χ4n) is 0.951. The summed E-state index contributed by atoms with van der Waals surface area (Å²) in [6.07, 6.45) is -7.13. The summed E-state index contributed by atoms with van der Waals surface area (Å²) in [5.41, 5.74) is 0. The van der Waals surface area contributed by atoms with Crippen molar-refractivity contribution in [2.75, 3.05) is 0 Å². The monoisotopic (exact) mass is 394 g/mol. The first-order chi connectivity index (χ1) is 10.4. The Morgan fingerprint density at radius 3 is 1.33 bits per heavy atom. The summed E-state index contributed by atoms with van der Waals surface area (Å²) < 4.78 is 134. The van der Waals surface area contributed by atoms with Gasteiger partial charge < -0.3 is 5.11 Å². The number of phenols is 1. The van der Waals surface area contributed by atoms with E-state index < -0.39 is 33.4 Å². The molecule has 24 heavy (non-hydrogen) atoms. The standard InChI is InChI=1S/C6H6O.C4HF9O3S/c7-6-4-2-1-3-5-6;5-1(6,3(9,10)11)2(7,8)4(12,13)17(14,15)16/h1-5,7H;(H,14,15,16). The van der Waals surface area contributed by atoms with Gasteiger partial charge in [0.1, 0.15) is 5.75 Å². The topological polar surface area (TPSA) is 74.6 Å². The number of alkyl halides is 9. The average molecular weight is 394 g/mol. The number of para-hydroxylation sites is 1. The molecule has 0 heterocycles. The molecule has 0 radical (unpaired) electrons. The summed E-state index contributed by atoms with van der Waals surface area (Å²) in [5.74, 6) is -14.4. The molecule has 0 amide bonds. The lowest BCUT2D eigenvalue weighted by molar-refractivity contribution is -0.382. The molecule has 1 aromatic rings. The zero-order valence-corrected chi connectivity index (χ0v) is 11.7. The van der Waals surface area contributed by atoms with Crippen LogP contribution in [0.2, 0.25) is 0 Å². The van der Waals surface area contributed by atoms with E-state index in [0.29, 0.717) is 5.75 Å². The van der Waals surface area contributed by atoms with Gasteiger partial charge in [0.2, 0.25) is 0 Å². The van der Waals surface area contributed by atoms with Gasteiger partial charge in [-0.25, -0.2) is 0 Å². The van der Waals surface area contributed by atoms with Crippen LogP contribution in [-0.4, -0.2) is 41.4 Å². The fraction of sp³-hybridized carbons (Fsp3) is 0.400. The van der Waals surface area contributed by atoms with Gasteiger partial charge in [-0.2, -0.15) is 47.9 Å². The highest BCUT2D eigenvalue weighted by atomic mass is 32.2. The van der Waals surface area contributed by atoms with Crippen molar-refractivity contribution >= 4 is 10.1 Å². The van der Waals surface area contributed by atoms with Crippen molar-refractivity contribution in [2.45, 2.75) is 23.3 Å². The van der Waals surface area contributed by atoms with Gasteiger partial charge in [-0.05, 0) is 12.1 Å². The Morgan fingerprint density at radius 2 is 1.12 bits per heavy atom. The van der Waals surface area contributed by atoms with Gasteiger partial charge in [-0.1, -0.05) is 18.2 Å².